The number of hydrogen-bond acceptors (Lipinski definition) is 3. The van der Waals surface area contributed by atoms with E-state index in [4.69, 9.17) is 28.3 Å². The average Bonchev–Trinajstić information content (AvgIpc) is 2.44. The van der Waals surface area contributed by atoms with Crippen molar-refractivity contribution in [1.29, 1.82) is 0 Å². The predicted molar refractivity (Wildman–Crippen MR) is 80.4 cm³/mol. The molecule has 0 aliphatic carbocycles. The highest BCUT2D eigenvalue weighted by molar-refractivity contribution is 6.33. The van der Waals surface area contributed by atoms with E-state index in [2.05, 4.69) is 4.98 Å². The molecule has 0 fully saturated rings. The summed E-state index contributed by atoms with van der Waals surface area (Å²) in [6.45, 7) is 0. The minimum absolute atomic E-state index is 0.125. The van der Waals surface area contributed by atoms with Crippen molar-refractivity contribution in [2.45, 2.75) is 0 Å². The smallest absolute Gasteiger partial charge is 0.335 e. The first-order chi connectivity index (χ1) is 9.88. The van der Waals surface area contributed by atoms with Gasteiger partial charge in [0.1, 0.15) is 10.3 Å². The van der Waals surface area contributed by atoms with Crippen LogP contribution in [-0.2, 0) is 0 Å². The molecule has 5 nitrogen and oxygen atoms in total. The molecule has 0 bridgehead atoms. The number of halogens is 2. The molecular formula is C14H10Cl2N2O3. The van der Waals surface area contributed by atoms with Crippen molar-refractivity contribution >= 4 is 40.8 Å². The lowest BCUT2D eigenvalue weighted by Crippen LogP contribution is -2.26. The van der Waals surface area contributed by atoms with Crippen molar-refractivity contribution in [3.8, 4) is 0 Å². The van der Waals surface area contributed by atoms with E-state index in [0.29, 0.717) is 11.3 Å². The van der Waals surface area contributed by atoms with Crippen molar-refractivity contribution in [1.82, 2.24) is 4.98 Å². The van der Waals surface area contributed by atoms with E-state index in [-0.39, 0.29) is 21.8 Å². The van der Waals surface area contributed by atoms with Crippen LogP contribution in [0.5, 0.6) is 0 Å². The summed E-state index contributed by atoms with van der Waals surface area (Å²) < 4.78 is 0. The summed E-state index contributed by atoms with van der Waals surface area (Å²) in [5, 5.41) is 9.10. The lowest BCUT2D eigenvalue weighted by molar-refractivity contribution is 0.0696. The lowest BCUT2D eigenvalue weighted by atomic mass is 10.2. The maximum Gasteiger partial charge on any atom is 0.335 e. The molecule has 1 heterocycles. The third kappa shape index (κ3) is 3.51. The monoisotopic (exact) mass is 324 g/mol. The second kappa shape index (κ2) is 6.11. The molecule has 21 heavy (non-hydrogen) atoms. The number of carbonyl (C=O) groups excluding carboxylic acids is 1. The van der Waals surface area contributed by atoms with Gasteiger partial charge >= 0.3 is 5.97 Å². The van der Waals surface area contributed by atoms with Crippen molar-refractivity contribution < 1.29 is 14.7 Å². The number of pyridine rings is 1. The van der Waals surface area contributed by atoms with E-state index >= 15 is 0 Å². The van der Waals surface area contributed by atoms with E-state index in [1.807, 2.05) is 0 Å². The van der Waals surface area contributed by atoms with Gasteiger partial charge in [0.05, 0.1) is 5.56 Å². The summed E-state index contributed by atoms with van der Waals surface area (Å²) in [5.41, 5.74) is 0.994. The zero-order valence-electron chi connectivity index (χ0n) is 10.9. The fraction of sp³-hybridized carbons (Fsp3) is 0.0714. The third-order valence-electron chi connectivity index (χ3n) is 2.82. The van der Waals surface area contributed by atoms with Gasteiger partial charge in [-0.05, 0) is 36.4 Å². The molecule has 2 rings (SSSR count). The van der Waals surface area contributed by atoms with Crippen LogP contribution in [0.4, 0.5) is 5.69 Å². The highest BCUT2D eigenvalue weighted by atomic mass is 35.5. The van der Waals surface area contributed by atoms with Gasteiger partial charge < -0.3 is 10.0 Å². The molecule has 7 heteroatoms. The molecule has 0 aliphatic rings. The van der Waals surface area contributed by atoms with Crippen molar-refractivity contribution in [3.05, 3.63) is 57.8 Å². The van der Waals surface area contributed by atoms with Gasteiger partial charge in [0.25, 0.3) is 5.91 Å². The Bertz CT molecular complexity index is 682. The Hall–Kier alpha value is -2.11. The van der Waals surface area contributed by atoms with Gasteiger partial charge in [0.2, 0.25) is 0 Å². The van der Waals surface area contributed by atoms with E-state index in [0.717, 1.165) is 0 Å². The van der Waals surface area contributed by atoms with Crippen molar-refractivity contribution in [2.75, 3.05) is 11.9 Å². The van der Waals surface area contributed by atoms with Gasteiger partial charge in [-0.1, -0.05) is 23.2 Å². The van der Waals surface area contributed by atoms with Crippen molar-refractivity contribution in [3.63, 3.8) is 0 Å². The SMILES string of the molecule is CN(C(=O)c1cc(Cl)nc(Cl)c1)c1ccc(C(=O)O)cc1. The normalized spacial score (nSPS) is 10.2. The second-order valence-electron chi connectivity index (χ2n) is 4.22. The Morgan fingerprint density at radius 1 is 1.05 bits per heavy atom. The third-order valence-corrected chi connectivity index (χ3v) is 3.20. The summed E-state index contributed by atoms with van der Waals surface area (Å²) in [6, 6.07) is 8.77. The topological polar surface area (TPSA) is 70.5 Å². The summed E-state index contributed by atoms with van der Waals surface area (Å²) in [7, 11) is 1.57. The van der Waals surface area contributed by atoms with Gasteiger partial charge in [-0.3, -0.25) is 4.79 Å². The number of aromatic nitrogens is 1. The largest absolute Gasteiger partial charge is 0.478 e. The molecule has 0 spiro atoms. The van der Waals surface area contributed by atoms with Gasteiger partial charge in [-0.2, -0.15) is 0 Å². The Balaban J connectivity index is 2.28. The molecule has 1 aromatic carbocycles. The summed E-state index contributed by atoms with van der Waals surface area (Å²) in [4.78, 5) is 28.3. The number of aromatic carboxylic acids is 1. The standard InChI is InChI=1S/C14H10Cl2N2O3/c1-18(10-4-2-8(3-5-10)14(20)21)13(19)9-6-11(15)17-12(16)7-9/h2-7H,1H3,(H,20,21). The van der Waals surface area contributed by atoms with Gasteiger partial charge in [-0.25, -0.2) is 9.78 Å². The van der Waals surface area contributed by atoms with Crippen LogP contribution in [0.3, 0.4) is 0 Å². The van der Waals surface area contributed by atoms with Gasteiger partial charge in [-0.15, -0.1) is 0 Å². The number of anilines is 1. The second-order valence-corrected chi connectivity index (χ2v) is 4.99. The highest BCUT2D eigenvalue weighted by Crippen LogP contribution is 2.20. The molecule has 2 aromatic rings. The van der Waals surface area contributed by atoms with Crippen LogP contribution in [0.1, 0.15) is 20.7 Å². The summed E-state index contributed by atoms with van der Waals surface area (Å²) >= 11 is 11.5. The van der Waals surface area contributed by atoms with E-state index in [1.54, 1.807) is 19.2 Å². The van der Waals surface area contributed by atoms with Gasteiger partial charge in [0, 0.05) is 18.3 Å². The van der Waals surface area contributed by atoms with E-state index in [1.165, 1.54) is 29.2 Å². The molecule has 0 atom stereocenters. The zero-order chi connectivity index (χ0) is 15.6. The fourth-order valence-electron chi connectivity index (χ4n) is 1.73. The number of hydrogen-bond donors (Lipinski definition) is 1. The van der Waals surface area contributed by atoms with Crippen molar-refractivity contribution in [2.24, 2.45) is 0 Å². The molecule has 0 saturated heterocycles. The maximum atomic E-state index is 12.3. The first kappa shape index (κ1) is 15.3. The number of amides is 1. The highest BCUT2D eigenvalue weighted by Gasteiger charge is 2.15. The van der Waals surface area contributed by atoms with E-state index in [9.17, 15) is 9.59 Å². The number of benzene rings is 1. The number of rotatable bonds is 3. The average molecular weight is 325 g/mol. The predicted octanol–water partition coefficient (Wildman–Crippen LogP) is 3.36. The van der Waals surface area contributed by atoms with E-state index < -0.39 is 5.97 Å². The number of carbonyl (C=O) groups is 2. The van der Waals surface area contributed by atoms with Crippen LogP contribution in [-0.4, -0.2) is 29.0 Å². The minimum Gasteiger partial charge on any atom is -0.478 e. The summed E-state index contributed by atoms with van der Waals surface area (Å²) in [6.07, 6.45) is 0. The van der Waals surface area contributed by atoms with Crippen LogP contribution in [0, 0.1) is 0 Å². The Morgan fingerprint density at radius 3 is 2.05 bits per heavy atom. The molecule has 1 amide bonds. The molecule has 0 aliphatic heterocycles. The molecule has 0 saturated carbocycles. The van der Waals surface area contributed by atoms with Crippen LogP contribution in [0.2, 0.25) is 10.3 Å². The number of carboxylic acid groups (broad SMARTS) is 1. The maximum absolute atomic E-state index is 12.3. The van der Waals surface area contributed by atoms with Crippen LogP contribution in [0.25, 0.3) is 0 Å². The van der Waals surface area contributed by atoms with Crippen LogP contribution >= 0.6 is 23.2 Å². The molecule has 0 unspecified atom stereocenters. The molecule has 1 N–H and O–H groups in total. The molecular weight excluding hydrogens is 315 g/mol. The van der Waals surface area contributed by atoms with Crippen LogP contribution < -0.4 is 4.90 Å². The zero-order valence-corrected chi connectivity index (χ0v) is 12.4. The molecule has 1 aromatic heterocycles. The Kier molecular flexibility index (Phi) is 4.45. The van der Waals surface area contributed by atoms with Gasteiger partial charge in [0.15, 0.2) is 0 Å². The first-order valence-electron chi connectivity index (χ1n) is 5.83. The minimum atomic E-state index is -1.02. The molecule has 108 valence electrons. The number of carboxylic acids is 1. The summed E-state index contributed by atoms with van der Waals surface area (Å²) in [5.74, 6) is -1.35. The Morgan fingerprint density at radius 2 is 1.57 bits per heavy atom. The molecule has 0 radical (unpaired) electrons. The fourth-order valence-corrected chi connectivity index (χ4v) is 2.19. The first-order valence-corrected chi connectivity index (χ1v) is 6.58. The lowest BCUT2D eigenvalue weighted by Gasteiger charge is -2.17. The van der Waals surface area contributed by atoms with Crippen LogP contribution in [0.15, 0.2) is 36.4 Å². The Labute approximate surface area is 130 Å². The number of nitrogens with zero attached hydrogens (tertiary/aromatic N) is 2. The quantitative estimate of drug-likeness (QED) is 0.879.